The zero-order valence-electron chi connectivity index (χ0n) is 38.5. The number of fused-ring (bicyclic) bond motifs is 2. The summed E-state index contributed by atoms with van der Waals surface area (Å²) in [5.74, 6) is 2.14. The van der Waals surface area contributed by atoms with Gasteiger partial charge in [0.2, 0.25) is 0 Å². The van der Waals surface area contributed by atoms with E-state index in [-0.39, 0.29) is 0 Å². The van der Waals surface area contributed by atoms with Gasteiger partial charge in [-0.25, -0.2) is 0 Å². The fourth-order valence-electron chi connectivity index (χ4n) is 8.40. The van der Waals surface area contributed by atoms with Gasteiger partial charge in [-0.2, -0.15) is 12.1 Å². The number of hydrogen-bond donors (Lipinski definition) is 0. The van der Waals surface area contributed by atoms with Gasteiger partial charge in [-0.15, -0.1) is 56.9 Å². The molecule has 0 nitrogen and oxygen atoms in total. The molecule has 8 rings (SSSR count). The summed E-state index contributed by atoms with van der Waals surface area (Å²) >= 11 is -0.826. The van der Waals surface area contributed by atoms with Crippen LogP contribution in [0, 0.1) is 0 Å². The van der Waals surface area contributed by atoms with Crippen LogP contribution in [-0.2, 0) is 20.8 Å². The molecule has 8 aromatic rings. The predicted octanol–water partition coefficient (Wildman–Crippen LogP) is 19.2. The summed E-state index contributed by atoms with van der Waals surface area (Å²) in [7, 11) is 11.0. The molecule has 0 saturated carbocycles. The van der Waals surface area contributed by atoms with E-state index in [9.17, 15) is 0 Å². The maximum absolute atomic E-state index is 4.93. The third-order valence-electron chi connectivity index (χ3n) is 12.1. The Morgan fingerprint density at radius 3 is 1.11 bits per heavy atom. The molecule has 62 heavy (non-hydrogen) atoms. The Morgan fingerprint density at radius 2 is 0.790 bits per heavy atom. The van der Waals surface area contributed by atoms with E-state index >= 15 is 0 Å². The third-order valence-corrected chi connectivity index (χ3v) is 12.1. The Kier molecular flexibility index (Phi) is 19.3. The third kappa shape index (κ3) is 11.9. The van der Waals surface area contributed by atoms with Crippen LogP contribution in [0.15, 0.2) is 158 Å². The minimum atomic E-state index is -0.826. The van der Waals surface area contributed by atoms with Crippen LogP contribution in [0.3, 0.4) is 0 Å². The van der Waals surface area contributed by atoms with Crippen molar-refractivity contribution < 1.29 is 20.8 Å². The molecule has 0 aliphatic carbocycles. The van der Waals surface area contributed by atoms with Crippen LogP contribution in [-0.4, -0.2) is 9.52 Å². The first-order chi connectivity index (χ1) is 30.0. The first kappa shape index (κ1) is 49.2. The van der Waals surface area contributed by atoms with Crippen molar-refractivity contribution in [3.8, 4) is 44.5 Å². The quantitative estimate of drug-likeness (QED) is 0.0947. The normalized spacial score (nSPS) is 11.8. The predicted molar refractivity (Wildman–Crippen MR) is 276 cm³/mol. The van der Waals surface area contributed by atoms with E-state index in [4.69, 9.17) is 17.0 Å². The van der Waals surface area contributed by atoms with Gasteiger partial charge in [-0.05, 0) is 68.2 Å². The summed E-state index contributed by atoms with van der Waals surface area (Å²) in [5.41, 5.74) is 16.4. The van der Waals surface area contributed by atoms with Gasteiger partial charge in [-0.3, -0.25) is 0 Å². The molecule has 0 aliphatic rings. The van der Waals surface area contributed by atoms with E-state index < -0.39 is 20.8 Å². The summed E-state index contributed by atoms with van der Waals surface area (Å²) < 4.78 is 0. The van der Waals surface area contributed by atoms with Crippen LogP contribution in [0.1, 0.15) is 114 Å². The van der Waals surface area contributed by atoms with E-state index in [1.54, 1.807) is 0 Å². The SMILES string of the molecule is CCC(C)c1cc2c(-c3ccccc3C(C)C)c(-c3ccccc3)ccc2[cH-]1.CCC(C)c1cc2c(-c3ccccc3C(C)C)c(-c3ccccc3)ccc2[cH-]1.C[Si]C.[Cl][Zr+2][Cl]. The topological polar surface area (TPSA) is 0 Å². The van der Waals surface area contributed by atoms with Crippen molar-refractivity contribution in [3.05, 3.63) is 180 Å². The van der Waals surface area contributed by atoms with E-state index in [0.717, 1.165) is 9.52 Å². The van der Waals surface area contributed by atoms with E-state index in [2.05, 4.69) is 226 Å². The molecule has 4 heteroatoms. The first-order valence-corrected chi connectivity index (χ1v) is 30.7. The zero-order valence-corrected chi connectivity index (χ0v) is 43.5. The van der Waals surface area contributed by atoms with Crippen LogP contribution < -0.4 is 0 Å². The Labute approximate surface area is 395 Å². The van der Waals surface area contributed by atoms with Gasteiger partial charge in [0.25, 0.3) is 0 Å². The van der Waals surface area contributed by atoms with Crippen molar-refractivity contribution >= 4 is 48.1 Å². The Morgan fingerprint density at radius 1 is 0.468 bits per heavy atom. The molecule has 2 atom stereocenters. The zero-order chi connectivity index (χ0) is 44.8. The van der Waals surface area contributed by atoms with E-state index in [1.807, 2.05) is 0 Å². The Balaban J connectivity index is 0.000000208. The van der Waals surface area contributed by atoms with Gasteiger partial charge in [0.05, 0.1) is 0 Å². The fraction of sp³-hybridized carbons (Fsp3) is 0.276. The van der Waals surface area contributed by atoms with Gasteiger partial charge in [0.15, 0.2) is 0 Å². The average Bonchev–Trinajstić information content (AvgIpc) is 3.95. The van der Waals surface area contributed by atoms with Crippen molar-refractivity contribution in [2.75, 3.05) is 0 Å². The molecule has 8 aromatic carbocycles. The van der Waals surface area contributed by atoms with Crippen LogP contribution in [0.2, 0.25) is 13.1 Å². The molecule has 0 bridgehead atoms. The van der Waals surface area contributed by atoms with Crippen molar-refractivity contribution in [1.29, 1.82) is 0 Å². The van der Waals surface area contributed by atoms with Crippen LogP contribution in [0.25, 0.3) is 66.1 Å². The van der Waals surface area contributed by atoms with Gasteiger partial charge in [-0.1, -0.05) is 214 Å². The molecule has 2 radical (unpaired) electrons. The Bertz CT molecular complexity index is 2400. The van der Waals surface area contributed by atoms with Gasteiger partial charge < -0.3 is 0 Å². The van der Waals surface area contributed by atoms with Crippen LogP contribution in [0.4, 0.5) is 0 Å². The molecule has 318 valence electrons. The van der Waals surface area contributed by atoms with Crippen molar-refractivity contribution in [2.24, 2.45) is 0 Å². The average molecular weight is 951 g/mol. The van der Waals surface area contributed by atoms with Crippen LogP contribution in [0.5, 0.6) is 0 Å². The molecule has 0 spiro atoms. The maximum atomic E-state index is 4.93. The first-order valence-electron chi connectivity index (χ1n) is 22.3. The standard InChI is InChI=1S/2C28H29.C2H6Si.2ClH.Zr/c2*1-5-20(4)23-17-22-15-16-25(21-11-7-6-8-12-21)28(27(22)18-23)26-14-10-9-13-24(26)19(2)3;1-3-2;;;/h2*6-20H,5H2,1-4H3;1-2H3;2*1H;/q2*-1;;;;+4/p-2. The fourth-order valence-corrected chi connectivity index (χ4v) is 8.40. The second kappa shape index (κ2) is 24.3. The minimum absolute atomic E-state index is 0.485. The molecule has 0 fully saturated rings. The summed E-state index contributed by atoms with van der Waals surface area (Å²) in [6, 6.07) is 58.3. The summed E-state index contributed by atoms with van der Waals surface area (Å²) in [5, 5.41) is 5.46. The van der Waals surface area contributed by atoms with Crippen molar-refractivity contribution in [3.63, 3.8) is 0 Å². The summed E-state index contributed by atoms with van der Waals surface area (Å²) in [4.78, 5) is 0. The second-order valence-corrected chi connectivity index (χ2v) is 21.7. The van der Waals surface area contributed by atoms with Gasteiger partial charge in [0.1, 0.15) is 0 Å². The molecule has 0 heterocycles. The van der Waals surface area contributed by atoms with Gasteiger partial charge >= 0.3 is 37.9 Å². The second-order valence-electron chi connectivity index (χ2n) is 17.0. The molecule has 2 unspecified atom stereocenters. The molecule has 0 amide bonds. The monoisotopic (exact) mass is 948 g/mol. The molecule has 0 aromatic heterocycles. The van der Waals surface area contributed by atoms with Crippen molar-refractivity contribution in [2.45, 2.75) is 105 Å². The van der Waals surface area contributed by atoms with Gasteiger partial charge in [0, 0.05) is 9.52 Å². The van der Waals surface area contributed by atoms with Crippen molar-refractivity contribution in [1.82, 2.24) is 0 Å². The number of rotatable bonds is 10. The molecule has 0 aliphatic heterocycles. The van der Waals surface area contributed by atoms with Crippen LogP contribution >= 0.6 is 17.0 Å². The summed E-state index contributed by atoms with van der Waals surface area (Å²) in [6.45, 7) is 22.7. The molecule has 0 saturated heterocycles. The Hall–Kier alpha value is -3.78. The number of halogens is 2. The molecular formula is C58H64Cl2SiZr. The number of hydrogen-bond acceptors (Lipinski definition) is 0. The van der Waals surface area contributed by atoms with E-state index in [1.165, 1.54) is 101 Å². The molecule has 0 N–H and O–H groups in total. The van der Waals surface area contributed by atoms with E-state index in [0.29, 0.717) is 23.7 Å². The summed E-state index contributed by atoms with van der Waals surface area (Å²) in [6.07, 6.45) is 2.33. The molecular weight excluding hydrogens is 887 g/mol. The number of benzene rings is 6.